The van der Waals surface area contributed by atoms with Crippen LogP contribution in [0.4, 0.5) is 17.6 Å². The Bertz CT molecular complexity index is 994. The highest BCUT2D eigenvalue weighted by Crippen LogP contribution is 2.39. The van der Waals surface area contributed by atoms with Crippen molar-refractivity contribution in [1.29, 1.82) is 0 Å². The van der Waals surface area contributed by atoms with Gasteiger partial charge in [0.05, 0.1) is 0 Å². The van der Waals surface area contributed by atoms with Gasteiger partial charge in [0.15, 0.2) is 5.11 Å². The normalized spacial score (nSPS) is 22.2. The second-order valence-electron chi connectivity index (χ2n) is 11.5. The molecule has 3 heterocycles. The summed E-state index contributed by atoms with van der Waals surface area (Å²) in [4.78, 5) is 14.8. The Morgan fingerprint density at radius 2 is 1.54 bits per heavy atom. The number of anilines is 3. The van der Waals surface area contributed by atoms with Gasteiger partial charge in [-0.2, -0.15) is 9.97 Å². The Morgan fingerprint density at radius 1 is 0.892 bits per heavy atom. The second kappa shape index (κ2) is 12.4. The number of thiocarbonyl (C=S) groups is 1. The van der Waals surface area contributed by atoms with Gasteiger partial charge in [-0.1, -0.05) is 69.4 Å². The van der Waals surface area contributed by atoms with Crippen LogP contribution in [0.1, 0.15) is 83.1 Å². The maximum Gasteiger partial charge on any atom is 0.232 e. The molecule has 3 fully saturated rings. The number of rotatable bonds is 6. The van der Waals surface area contributed by atoms with Crippen molar-refractivity contribution in [2.24, 2.45) is 5.92 Å². The molecule has 0 amide bonds. The van der Waals surface area contributed by atoms with E-state index < -0.39 is 0 Å². The third-order valence-corrected chi connectivity index (χ3v) is 8.87. The van der Waals surface area contributed by atoms with E-state index in [1.54, 1.807) is 0 Å². The number of nitrogens with zero attached hydrogens (tertiary/aromatic N) is 4. The predicted molar refractivity (Wildman–Crippen MR) is 159 cm³/mol. The Balaban J connectivity index is 1.32. The lowest BCUT2D eigenvalue weighted by molar-refractivity contribution is 0.292. The second-order valence-corrected chi connectivity index (χ2v) is 11.9. The average Bonchev–Trinajstić information content (AvgIpc) is 3.23. The summed E-state index contributed by atoms with van der Waals surface area (Å²) in [6.45, 7) is 7.42. The molecule has 0 spiro atoms. The zero-order valence-corrected chi connectivity index (χ0v) is 23.4. The third kappa shape index (κ3) is 6.73. The fraction of sp³-hybridized carbons (Fsp3) is 0.633. The van der Waals surface area contributed by atoms with Crippen LogP contribution < -0.4 is 20.4 Å². The predicted octanol–water partition coefficient (Wildman–Crippen LogP) is 6.28. The Hall–Kier alpha value is -2.41. The molecule has 1 aliphatic carbocycles. The monoisotopic (exact) mass is 520 g/mol. The third-order valence-electron chi connectivity index (χ3n) is 8.62. The zero-order valence-electron chi connectivity index (χ0n) is 22.6. The summed E-state index contributed by atoms with van der Waals surface area (Å²) in [5.74, 6) is 3.36. The standard InChI is InChI=1S/C30H44N6S/c1-24-13-12-20-36(22-24)27-21-26(35-18-10-2-3-11-19-35)32-28(33-27)34-29(37)31-23-30(16-8-5-9-17-30)25-14-6-4-7-15-25/h4,6-7,14-15,21,24H,2-3,5,8-13,16-20,22-23H2,1H3,(H2,31,32,33,34,37). The van der Waals surface area contributed by atoms with Crippen molar-refractivity contribution in [3.05, 3.63) is 42.0 Å². The summed E-state index contributed by atoms with van der Waals surface area (Å²) in [6.07, 6.45) is 13.8. The molecule has 2 aromatic rings. The van der Waals surface area contributed by atoms with E-state index in [1.165, 1.54) is 76.2 Å². The summed E-state index contributed by atoms with van der Waals surface area (Å²) >= 11 is 5.81. The summed E-state index contributed by atoms with van der Waals surface area (Å²) in [7, 11) is 0. The first kappa shape index (κ1) is 26.2. The van der Waals surface area contributed by atoms with E-state index in [2.05, 4.69) is 63.8 Å². The van der Waals surface area contributed by atoms with Crippen LogP contribution in [-0.4, -0.2) is 47.8 Å². The highest BCUT2D eigenvalue weighted by Gasteiger charge is 2.34. The van der Waals surface area contributed by atoms with Crippen LogP contribution in [0.25, 0.3) is 0 Å². The Kier molecular flexibility index (Phi) is 8.80. The molecular weight excluding hydrogens is 476 g/mol. The van der Waals surface area contributed by atoms with Crippen molar-refractivity contribution >= 4 is 34.9 Å². The van der Waals surface area contributed by atoms with Crippen molar-refractivity contribution in [3.63, 3.8) is 0 Å². The Morgan fingerprint density at radius 3 is 2.24 bits per heavy atom. The van der Waals surface area contributed by atoms with Crippen molar-refractivity contribution in [1.82, 2.24) is 15.3 Å². The average molecular weight is 521 g/mol. The van der Waals surface area contributed by atoms with E-state index in [0.717, 1.165) is 44.4 Å². The minimum Gasteiger partial charge on any atom is -0.361 e. The lowest BCUT2D eigenvalue weighted by Crippen LogP contribution is -2.43. The van der Waals surface area contributed by atoms with Gasteiger partial charge in [-0.05, 0) is 62.2 Å². The lowest BCUT2D eigenvalue weighted by Gasteiger charge is -2.38. The van der Waals surface area contributed by atoms with E-state index in [-0.39, 0.29) is 5.41 Å². The number of piperidine rings is 1. The number of benzene rings is 1. The van der Waals surface area contributed by atoms with Crippen LogP contribution in [0.15, 0.2) is 36.4 Å². The lowest BCUT2D eigenvalue weighted by atomic mass is 9.69. The smallest absolute Gasteiger partial charge is 0.232 e. The summed E-state index contributed by atoms with van der Waals surface area (Å²) < 4.78 is 0. The maximum absolute atomic E-state index is 5.81. The molecule has 200 valence electrons. The highest BCUT2D eigenvalue weighted by atomic mass is 32.1. The highest BCUT2D eigenvalue weighted by molar-refractivity contribution is 7.80. The molecule has 3 aliphatic rings. The van der Waals surface area contributed by atoms with Gasteiger partial charge in [0.2, 0.25) is 5.95 Å². The van der Waals surface area contributed by atoms with Crippen LogP contribution in [0, 0.1) is 5.92 Å². The molecular formula is C30H44N6S. The summed E-state index contributed by atoms with van der Waals surface area (Å²) in [5.41, 5.74) is 1.56. The molecule has 2 N–H and O–H groups in total. The van der Waals surface area contributed by atoms with Gasteiger partial charge in [-0.15, -0.1) is 0 Å². The summed E-state index contributed by atoms with van der Waals surface area (Å²) in [5, 5.41) is 7.57. The van der Waals surface area contributed by atoms with E-state index in [4.69, 9.17) is 22.2 Å². The SMILES string of the molecule is CC1CCCN(c2cc(N3CCCCCC3)nc(NC(=S)NCC3(c4ccccc4)CCCCC3)n2)C1. The first-order valence-electron chi connectivity index (χ1n) is 14.6. The zero-order chi connectivity index (χ0) is 25.5. The molecule has 7 heteroatoms. The molecule has 2 aliphatic heterocycles. The fourth-order valence-electron chi connectivity index (χ4n) is 6.48. The van der Waals surface area contributed by atoms with E-state index in [9.17, 15) is 0 Å². The topological polar surface area (TPSA) is 56.3 Å². The minimum atomic E-state index is 0.134. The maximum atomic E-state index is 5.81. The van der Waals surface area contributed by atoms with Gasteiger partial charge in [0.1, 0.15) is 11.6 Å². The van der Waals surface area contributed by atoms with Crippen molar-refractivity contribution < 1.29 is 0 Å². The Labute approximate surface area is 228 Å². The van der Waals surface area contributed by atoms with Gasteiger partial charge in [0.25, 0.3) is 0 Å². The molecule has 0 bridgehead atoms. The molecule has 37 heavy (non-hydrogen) atoms. The number of aromatic nitrogens is 2. The number of hydrogen-bond donors (Lipinski definition) is 2. The van der Waals surface area contributed by atoms with Gasteiger partial charge in [-0.3, -0.25) is 0 Å². The van der Waals surface area contributed by atoms with E-state index in [1.807, 2.05) is 0 Å². The van der Waals surface area contributed by atoms with Crippen LogP contribution >= 0.6 is 12.2 Å². The fourth-order valence-corrected chi connectivity index (χ4v) is 6.65. The molecule has 1 saturated carbocycles. The largest absolute Gasteiger partial charge is 0.361 e. The van der Waals surface area contributed by atoms with E-state index in [0.29, 0.717) is 17.0 Å². The first-order valence-corrected chi connectivity index (χ1v) is 15.0. The molecule has 5 rings (SSSR count). The van der Waals surface area contributed by atoms with Gasteiger partial charge in [-0.25, -0.2) is 0 Å². The minimum absolute atomic E-state index is 0.134. The van der Waals surface area contributed by atoms with Crippen LogP contribution in [0.2, 0.25) is 0 Å². The van der Waals surface area contributed by atoms with Crippen molar-refractivity contribution in [2.75, 3.05) is 47.8 Å². The van der Waals surface area contributed by atoms with Crippen molar-refractivity contribution in [3.8, 4) is 0 Å². The summed E-state index contributed by atoms with van der Waals surface area (Å²) in [6, 6.07) is 13.2. The van der Waals surface area contributed by atoms with Crippen LogP contribution in [0.5, 0.6) is 0 Å². The molecule has 1 aromatic carbocycles. The molecule has 0 radical (unpaired) electrons. The molecule has 2 saturated heterocycles. The van der Waals surface area contributed by atoms with E-state index >= 15 is 0 Å². The molecule has 1 aromatic heterocycles. The first-order chi connectivity index (χ1) is 18.1. The molecule has 6 nitrogen and oxygen atoms in total. The van der Waals surface area contributed by atoms with Gasteiger partial charge < -0.3 is 20.4 Å². The van der Waals surface area contributed by atoms with Gasteiger partial charge in [0, 0.05) is 44.2 Å². The molecule has 1 unspecified atom stereocenters. The van der Waals surface area contributed by atoms with Crippen molar-refractivity contribution in [2.45, 2.75) is 83.0 Å². The molecule has 1 atom stereocenters. The van der Waals surface area contributed by atoms with Crippen LogP contribution in [0.3, 0.4) is 0 Å². The number of nitrogens with one attached hydrogen (secondary N) is 2. The quantitative estimate of drug-likeness (QED) is 0.435. The van der Waals surface area contributed by atoms with Gasteiger partial charge >= 0.3 is 0 Å². The van der Waals surface area contributed by atoms with Crippen LogP contribution in [-0.2, 0) is 5.41 Å². The number of hydrogen-bond acceptors (Lipinski definition) is 5.